The van der Waals surface area contributed by atoms with Gasteiger partial charge in [0.1, 0.15) is 5.76 Å². The van der Waals surface area contributed by atoms with Crippen LogP contribution in [0, 0.1) is 0 Å². The highest BCUT2D eigenvalue weighted by Crippen LogP contribution is 2.40. The molecule has 20 heavy (non-hydrogen) atoms. The molecular weight excluding hydrogens is 262 g/mol. The minimum absolute atomic E-state index is 0.158. The third-order valence-electron chi connectivity index (χ3n) is 3.00. The summed E-state index contributed by atoms with van der Waals surface area (Å²) in [6.45, 7) is 0.158. The third kappa shape index (κ3) is 2.63. The Bertz CT molecular complexity index is 614. The van der Waals surface area contributed by atoms with Gasteiger partial charge in [-0.05, 0) is 18.0 Å². The summed E-state index contributed by atoms with van der Waals surface area (Å²) < 4.78 is 10.1. The van der Waals surface area contributed by atoms with Crippen LogP contribution < -0.4 is 10.2 Å². The summed E-state index contributed by atoms with van der Waals surface area (Å²) in [5.41, 5.74) is 0.277. The van der Waals surface area contributed by atoms with Crippen molar-refractivity contribution in [2.45, 2.75) is 25.3 Å². The van der Waals surface area contributed by atoms with E-state index in [1.54, 1.807) is 11.0 Å². The number of hydrogen-bond donors (Lipinski definition) is 1. The highest BCUT2D eigenvalue weighted by Gasteiger charge is 2.28. The molecule has 0 aliphatic heterocycles. The van der Waals surface area contributed by atoms with Gasteiger partial charge in [0, 0.05) is 26.1 Å². The number of amides is 1. The summed E-state index contributed by atoms with van der Waals surface area (Å²) in [5, 5.41) is 10.2. The van der Waals surface area contributed by atoms with Crippen molar-refractivity contribution in [2.24, 2.45) is 0 Å². The Morgan fingerprint density at radius 3 is 2.85 bits per heavy atom. The highest BCUT2D eigenvalue weighted by atomic mass is 16.5. The number of hydrogen-bond acceptors (Lipinski definition) is 7. The van der Waals surface area contributed by atoms with E-state index >= 15 is 0 Å². The molecule has 0 unspecified atom stereocenters. The van der Waals surface area contributed by atoms with Gasteiger partial charge in [-0.15, -0.1) is 0 Å². The molecule has 1 amide bonds. The fourth-order valence-electron chi connectivity index (χ4n) is 1.70. The van der Waals surface area contributed by atoms with Gasteiger partial charge in [0.25, 0.3) is 11.9 Å². The number of nitrogens with zero attached hydrogens (tertiary/aromatic N) is 4. The van der Waals surface area contributed by atoms with E-state index in [0.717, 1.165) is 18.6 Å². The Kier molecular flexibility index (Phi) is 3.13. The molecule has 1 aliphatic rings. The van der Waals surface area contributed by atoms with Crippen LogP contribution in [0.3, 0.4) is 0 Å². The molecule has 106 valence electrons. The molecule has 0 aromatic carbocycles. The summed E-state index contributed by atoms with van der Waals surface area (Å²) in [6.07, 6.45) is 2.21. The summed E-state index contributed by atoms with van der Waals surface area (Å²) in [5.74, 6) is 1.70. The van der Waals surface area contributed by atoms with Crippen molar-refractivity contribution < 1.29 is 13.8 Å². The second-order valence-electron chi connectivity index (χ2n) is 4.95. The minimum atomic E-state index is -0.315. The molecule has 1 N–H and O–H groups in total. The summed E-state index contributed by atoms with van der Waals surface area (Å²) >= 11 is 0. The summed E-state index contributed by atoms with van der Waals surface area (Å²) in [7, 11) is 3.62. The number of carbonyl (C=O) groups excluding carboxylic acids is 1. The molecule has 2 aromatic rings. The lowest BCUT2D eigenvalue weighted by molar-refractivity contribution is 0.0937. The van der Waals surface area contributed by atoms with E-state index in [1.165, 1.54) is 0 Å². The lowest BCUT2D eigenvalue weighted by Gasteiger charge is -2.02. The molecule has 2 heterocycles. The fourth-order valence-corrected chi connectivity index (χ4v) is 1.70. The Balaban J connectivity index is 1.57. The predicted molar refractivity (Wildman–Crippen MR) is 68.3 cm³/mol. The molecule has 3 rings (SSSR count). The molecule has 0 bridgehead atoms. The van der Waals surface area contributed by atoms with Crippen molar-refractivity contribution in [1.82, 2.24) is 20.6 Å². The predicted octanol–water partition coefficient (Wildman–Crippen LogP) is 0.931. The standard InChI is InChI=1S/C12H15N5O3/c1-17(2)12-14-10(20-16-12)6-13-11(18)8-5-9(19-15-8)7-3-4-7/h5,7H,3-4,6H2,1-2H3,(H,13,18). The Morgan fingerprint density at radius 1 is 1.40 bits per heavy atom. The minimum Gasteiger partial charge on any atom is -0.360 e. The maximum atomic E-state index is 11.9. The van der Waals surface area contributed by atoms with Gasteiger partial charge in [-0.25, -0.2) is 0 Å². The average molecular weight is 277 g/mol. The van der Waals surface area contributed by atoms with Crippen LogP contribution in [0.1, 0.15) is 40.9 Å². The molecule has 8 nitrogen and oxygen atoms in total. The van der Waals surface area contributed by atoms with E-state index in [4.69, 9.17) is 9.05 Å². The SMILES string of the molecule is CN(C)c1noc(CNC(=O)c2cc(C3CC3)on2)n1. The number of nitrogens with one attached hydrogen (secondary N) is 1. The van der Waals surface area contributed by atoms with Crippen LogP contribution in [-0.2, 0) is 6.54 Å². The zero-order chi connectivity index (χ0) is 14.1. The van der Waals surface area contributed by atoms with E-state index < -0.39 is 0 Å². The Labute approximate surface area is 115 Å². The smallest absolute Gasteiger partial charge is 0.273 e. The molecule has 0 atom stereocenters. The molecule has 1 fully saturated rings. The lowest BCUT2D eigenvalue weighted by atomic mass is 10.3. The second kappa shape index (κ2) is 4.95. The zero-order valence-electron chi connectivity index (χ0n) is 11.3. The van der Waals surface area contributed by atoms with Crippen LogP contribution in [-0.4, -0.2) is 35.3 Å². The van der Waals surface area contributed by atoms with E-state index in [9.17, 15) is 4.79 Å². The van der Waals surface area contributed by atoms with Crippen LogP contribution >= 0.6 is 0 Å². The largest absolute Gasteiger partial charge is 0.360 e. The first-order valence-electron chi connectivity index (χ1n) is 6.38. The van der Waals surface area contributed by atoms with Crippen LogP contribution in [0.4, 0.5) is 5.95 Å². The monoisotopic (exact) mass is 277 g/mol. The van der Waals surface area contributed by atoms with Crippen LogP contribution in [0.15, 0.2) is 15.1 Å². The average Bonchev–Trinajstić information content (AvgIpc) is 2.98. The van der Waals surface area contributed by atoms with Gasteiger partial charge in [-0.3, -0.25) is 4.79 Å². The van der Waals surface area contributed by atoms with Crippen molar-refractivity contribution in [3.63, 3.8) is 0 Å². The highest BCUT2D eigenvalue weighted by molar-refractivity contribution is 5.92. The van der Waals surface area contributed by atoms with Crippen molar-refractivity contribution in [1.29, 1.82) is 0 Å². The fraction of sp³-hybridized carbons (Fsp3) is 0.500. The number of rotatable bonds is 5. The first kappa shape index (κ1) is 12.6. The zero-order valence-corrected chi connectivity index (χ0v) is 11.3. The lowest BCUT2D eigenvalue weighted by Crippen LogP contribution is -2.23. The summed E-state index contributed by atoms with van der Waals surface area (Å²) in [6, 6.07) is 1.69. The van der Waals surface area contributed by atoms with Gasteiger partial charge in [0.05, 0.1) is 6.54 Å². The quantitative estimate of drug-likeness (QED) is 0.868. The van der Waals surface area contributed by atoms with Crippen LogP contribution in [0.2, 0.25) is 0 Å². The van der Waals surface area contributed by atoms with Crippen molar-refractivity contribution in [3.05, 3.63) is 23.4 Å². The Hall–Kier alpha value is -2.38. The van der Waals surface area contributed by atoms with Gasteiger partial charge in [-0.2, -0.15) is 4.98 Å². The Morgan fingerprint density at radius 2 is 2.20 bits per heavy atom. The van der Waals surface area contributed by atoms with Crippen LogP contribution in [0.5, 0.6) is 0 Å². The first-order valence-corrected chi connectivity index (χ1v) is 6.38. The van der Waals surface area contributed by atoms with Crippen molar-refractivity contribution >= 4 is 11.9 Å². The molecule has 0 saturated heterocycles. The third-order valence-corrected chi connectivity index (χ3v) is 3.00. The molecule has 1 saturated carbocycles. The molecule has 8 heteroatoms. The van der Waals surface area contributed by atoms with Gasteiger partial charge in [0.2, 0.25) is 5.89 Å². The molecule has 0 spiro atoms. The van der Waals surface area contributed by atoms with Gasteiger partial charge >= 0.3 is 0 Å². The van der Waals surface area contributed by atoms with E-state index in [1.807, 2.05) is 14.1 Å². The van der Waals surface area contributed by atoms with Gasteiger partial charge in [-0.1, -0.05) is 5.16 Å². The second-order valence-corrected chi connectivity index (χ2v) is 4.95. The number of anilines is 1. The number of aromatic nitrogens is 3. The van der Waals surface area contributed by atoms with Crippen LogP contribution in [0.25, 0.3) is 0 Å². The van der Waals surface area contributed by atoms with Crippen molar-refractivity contribution in [2.75, 3.05) is 19.0 Å². The molecule has 1 aliphatic carbocycles. The maximum absolute atomic E-state index is 11.9. The summed E-state index contributed by atoms with van der Waals surface area (Å²) in [4.78, 5) is 17.7. The number of carbonyl (C=O) groups is 1. The van der Waals surface area contributed by atoms with Gasteiger partial charge in [0.15, 0.2) is 5.69 Å². The molecule has 0 radical (unpaired) electrons. The van der Waals surface area contributed by atoms with E-state index in [-0.39, 0.29) is 18.1 Å². The topological polar surface area (TPSA) is 97.3 Å². The van der Waals surface area contributed by atoms with Crippen molar-refractivity contribution in [3.8, 4) is 0 Å². The first-order chi connectivity index (χ1) is 9.63. The maximum Gasteiger partial charge on any atom is 0.273 e. The normalized spacial score (nSPS) is 14.3. The van der Waals surface area contributed by atoms with Gasteiger partial charge < -0.3 is 19.3 Å². The van der Waals surface area contributed by atoms with E-state index in [0.29, 0.717) is 17.8 Å². The molecular formula is C12H15N5O3. The van der Waals surface area contributed by atoms with E-state index in [2.05, 4.69) is 20.6 Å². The molecule has 2 aromatic heterocycles.